The van der Waals surface area contributed by atoms with Gasteiger partial charge in [0, 0.05) is 15.7 Å². The van der Waals surface area contributed by atoms with Crippen LogP contribution in [-0.4, -0.2) is 26.2 Å². The zero-order chi connectivity index (χ0) is 17.1. The van der Waals surface area contributed by atoms with Gasteiger partial charge in [-0.15, -0.1) is 0 Å². The van der Waals surface area contributed by atoms with Gasteiger partial charge in [-0.2, -0.15) is 0 Å². The SMILES string of the molecule is CCC1=C(C(=O)OC)C(c2cc(Br)cc(Br)c2OC)NC(=O)N1. The Morgan fingerprint density at radius 3 is 2.57 bits per heavy atom. The van der Waals surface area contributed by atoms with E-state index in [1.165, 1.54) is 14.2 Å². The van der Waals surface area contributed by atoms with Gasteiger partial charge in [-0.25, -0.2) is 9.59 Å². The number of rotatable bonds is 4. The van der Waals surface area contributed by atoms with E-state index in [9.17, 15) is 9.59 Å². The van der Waals surface area contributed by atoms with E-state index in [-0.39, 0.29) is 6.03 Å². The Morgan fingerprint density at radius 1 is 1.30 bits per heavy atom. The molecule has 0 spiro atoms. The molecule has 2 amide bonds. The van der Waals surface area contributed by atoms with Gasteiger partial charge >= 0.3 is 12.0 Å². The van der Waals surface area contributed by atoms with Crippen LogP contribution in [0.5, 0.6) is 5.75 Å². The van der Waals surface area contributed by atoms with Crippen molar-refractivity contribution in [1.82, 2.24) is 10.6 Å². The summed E-state index contributed by atoms with van der Waals surface area (Å²) in [7, 11) is 2.84. The number of urea groups is 1. The molecule has 23 heavy (non-hydrogen) atoms. The van der Waals surface area contributed by atoms with Crippen LogP contribution >= 0.6 is 31.9 Å². The Hall–Kier alpha value is -1.54. The van der Waals surface area contributed by atoms with Crippen LogP contribution in [-0.2, 0) is 9.53 Å². The molecule has 0 aromatic heterocycles. The molecule has 1 heterocycles. The highest BCUT2D eigenvalue weighted by atomic mass is 79.9. The number of esters is 1. The maximum atomic E-state index is 12.3. The first kappa shape index (κ1) is 17.8. The molecule has 0 aliphatic carbocycles. The van der Waals surface area contributed by atoms with Crippen LogP contribution in [0.15, 0.2) is 32.3 Å². The molecule has 0 saturated carbocycles. The summed E-state index contributed by atoms with van der Waals surface area (Å²) in [6.45, 7) is 1.86. The number of allylic oxidation sites excluding steroid dienone is 1. The van der Waals surface area contributed by atoms with Crippen molar-refractivity contribution in [3.63, 3.8) is 0 Å². The standard InChI is InChI=1S/C15H16Br2N2O4/c1-4-10-11(14(20)23-3)12(19-15(21)18-10)8-5-7(16)6-9(17)13(8)22-2/h5-6,12H,4H2,1-3H3,(H2,18,19,21). The van der Waals surface area contributed by atoms with Crippen LogP contribution in [0.2, 0.25) is 0 Å². The van der Waals surface area contributed by atoms with Gasteiger partial charge in [-0.1, -0.05) is 22.9 Å². The fourth-order valence-corrected chi connectivity index (χ4v) is 3.91. The monoisotopic (exact) mass is 446 g/mol. The van der Waals surface area contributed by atoms with Gasteiger partial charge in [-0.05, 0) is 34.5 Å². The van der Waals surface area contributed by atoms with Crippen LogP contribution in [0.3, 0.4) is 0 Å². The van der Waals surface area contributed by atoms with E-state index >= 15 is 0 Å². The van der Waals surface area contributed by atoms with E-state index in [1.807, 2.05) is 13.0 Å². The average molecular weight is 448 g/mol. The first-order chi connectivity index (χ1) is 10.9. The Balaban J connectivity index is 2.68. The smallest absolute Gasteiger partial charge is 0.337 e. The minimum Gasteiger partial charge on any atom is -0.495 e. The molecular weight excluding hydrogens is 432 g/mol. The quantitative estimate of drug-likeness (QED) is 0.693. The number of hydrogen-bond donors (Lipinski definition) is 2. The lowest BCUT2D eigenvalue weighted by atomic mass is 9.93. The molecule has 8 heteroatoms. The molecule has 1 aromatic rings. The van der Waals surface area contributed by atoms with Crippen molar-refractivity contribution in [3.05, 3.63) is 37.9 Å². The van der Waals surface area contributed by atoms with Gasteiger partial charge < -0.3 is 20.1 Å². The maximum absolute atomic E-state index is 12.3. The topological polar surface area (TPSA) is 76.7 Å². The third-order valence-electron chi connectivity index (χ3n) is 3.46. The number of nitrogens with one attached hydrogen (secondary N) is 2. The van der Waals surface area contributed by atoms with Crippen molar-refractivity contribution in [2.45, 2.75) is 19.4 Å². The molecule has 1 unspecified atom stereocenters. The Morgan fingerprint density at radius 2 is 2.00 bits per heavy atom. The van der Waals surface area contributed by atoms with Crippen LogP contribution in [0, 0.1) is 0 Å². The molecule has 1 atom stereocenters. The molecule has 0 radical (unpaired) electrons. The average Bonchev–Trinajstić information content (AvgIpc) is 2.52. The molecule has 2 N–H and O–H groups in total. The number of benzene rings is 1. The molecule has 0 bridgehead atoms. The highest BCUT2D eigenvalue weighted by Crippen LogP contribution is 2.40. The van der Waals surface area contributed by atoms with Gasteiger partial charge in [0.05, 0.1) is 30.3 Å². The van der Waals surface area contributed by atoms with Crippen LogP contribution < -0.4 is 15.4 Å². The van der Waals surface area contributed by atoms with Crippen molar-refractivity contribution >= 4 is 43.9 Å². The fourth-order valence-electron chi connectivity index (χ4n) is 2.49. The number of hydrogen-bond acceptors (Lipinski definition) is 4. The van der Waals surface area contributed by atoms with E-state index in [0.717, 1.165) is 4.47 Å². The van der Waals surface area contributed by atoms with Crippen molar-refractivity contribution < 1.29 is 19.1 Å². The molecule has 0 fully saturated rings. The first-order valence-electron chi connectivity index (χ1n) is 6.84. The zero-order valence-electron chi connectivity index (χ0n) is 12.8. The van der Waals surface area contributed by atoms with Crippen molar-refractivity contribution in [2.24, 2.45) is 0 Å². The van der Waals surface area contributed by atoms with E-state index in [0.29, 0.717) is 33.5 Å². The maximum Gasteiger partial charge on any atom is 0.337 e. The minimum absolute atomic E-state index is 0.359. The third-order valence-corrected chi connectivity index (χ3v) is 4.51. The lowest BCUT2D eigenvalue weighted by Gasteiger charge is -2.30. The van der Waals surface area contributed by atoms with Gasteiger partial charge in [0.1, 0.15) is 5.75 Å². The summed E-state index contributed by atoms with van der Waals surface area (Å²) in [4.78, 5) is 24.2. The van der Waals surface area contributed by atoms with Crippen LogP contribution in [0.4, 0.5) is 4.79 Å². The molecule has 2 rings (SSSR count). The lowest BCUT2D eigenvalue weighted by Crippen LogP contribution is -2.45. The molecule has 124 valence electrons. The fraction of sp³-hybridized carbons (Fsp3) is 0.333. The Labute approximate surface area is 150 Å². The number of ether oxygens (including phenoxy) is 2. The number of carbonyl (C=O) groups is 2. The second kappa shape index (κ2) is 7.35. The lowest BCUT2D eigenvalue weighted by molar-refractivity contribution is -0.136. The second-order valence-corrected chi connectivity index (χ2v) is 6.55. The molecule has 1 aromatic carbocycles. The van der Waals surface area contributed by atoms with E-state index in [4.69, 9.17) is 9.47 Å². The van der Waals surface area contributed by atoms with E-state index in [2.05, 4.69) is 42.5 Å². The highest BCUT2D eigenvalue weighted by Gasteiger charge is 2.35. The summed E-state index contributed by atoms with van der Waals surface area (Å²) in [6, 6.07) is 2.58. The Bertz CT molecular complexity index is 688. The number of amides is 2. The molecule has 1 aliphatic rings. The summed E-state index contributed by atoms with van der Waals surface area (Å²) in [5.41, 5.74) is 1.54. The van der Waals surface area contributed by atoms with Gasteiger partial charge in [0.15, 0.2) is 0 Å². The predicted molar refractivity (Wildman–Crippen MR) is 92.1 cm³/mol. The Kier molecular flexibility index (Phi) is 5.69. The molecule has 1 aliphatic heterocycles. The summed E-state index contributed by atoms with van der Waals surface area (Å²) in [5.74, 6) is 0.0368. The first-order valence-corrected chi connectivity index (χ1v) is 8.43. The minimum atomic E-state index is -0.671. The molecule has 0 saturated heterocycles. The van der Waals surface area contributed by atoms with E-state index < -0.39 is 12.0 Å². The normalized spacial score (nSPS) is 17.4. The highest BCUT2D eigenvalue weighted by molar-refractivity contribution is 9.11. The summed E-state index contributed by atoms with van der Waals surface area (Å²) < 4.78 is 11.8. The van der Waals surface area contributed by atoms with Crippen LogP contribution in [0.25, 0.3) is 0 Å². The molecular formula is C15H16Br2N2O4. The number of methoxy groups -OCH3 is 2. The number of halogens is 2. The van der Waals surface area contributed by atoms with Gasteiger partial charge in [0.2, 0.25) is 0 Å². The van der Waals surface area contributed by atoms with Crippen LogP contribution in [0.1, 0.15) is 24.9 Å². The van der Waals surface area contributed by atoms with Gasteiger partial charge in [-0.3, -0.25) is 0 Å². The summed E-state index contributed by atoms with van der Waals surface area (Å²) in [5, 5.41) is 5.42. The van der Waals surface area contributed by atoms with Gasteiger partial charge in [0.25, 0.3) is 0 Å². The van der Waals surface area contributed by atoms with Crippen molar-refractivity contribution in [3.8, 4) is 5.75 Å². The zero-order valence-corrected chi connectivity index (χ0v) is 16.0. The summed E-state index contributed by atoms with van der Waals surface area (Å²) in [6.07, 6.45) is 0.492. The molecule has 6 nitrogen and oxygen atoms in total. The van der Waals surface area contributed by atoms with Crippen molar-refractivity contribution in [2.75, 3.05) is 14.2 Å². The largest absolute Gasteiger partial charge is 0.495 e. The second-order valence-electron chi connectivity index (χ2n) is 4.78. The van der Waals surface area contributed by atoms with Crippen molar-refractivity contribution in [1.29, 1.82) is 0 Å². The summed E-state index contributed by atoms with van der Waals surface area (Å²) >= 11 is 6.85. The third kappa shape index (κ3) is 3.53. The van der Waals surface area contributed by atoms with E-state index in [1.54, 1.807) is 6.07 Å². The predicted octanol–water partition coefficient (Wildman–Crippen LogP) is 3.41. The number of carbonyl (C=O) groups excluding carboxylic acids is 2.